The molecule has 1 unspecified atom stereocenters. The second-order valence-electron chi connectivity index (χ2n) is 4.83. The van der Waals surface area contributed by atoms with Crippen LogP contribution >= 0.6 is 11.6 Å². The van der Waals surface area contributed by atoms with E-state index in [0.29, 0.717) is 19.6 Å². The number of benzene rings is 1. The molecule has 0 aromatic heterocycles. The SMILES string of the molecule is CCN1CCNC(C(=O)c2cccc(C(F)(F)F)c2Cl)C1=O. The molecule has 0 radical (unpaired) electrons. The fourth-order valence-corrected chi connectivity index (χ4v) is 2.67. The number of halogens is 4. The minimum atomic E-state index is -4.66. The Morgan fingerprint density at radius 2 is 2.14 bits per heavy atom. The van der Waals surface area contributed by atoms with Crippen LogP contribution in [-0.4, -0.2) is 42.3 Å². The average Bonchev–Trinajstić information content (AvgIpc) is 2.46. The third-order valence-corrected chi connectivity index (χ3v) is 3.91. The molecule has 1 aliphatic rings. The van der Waals surface area contributed by atoms with Gasteiger partial charge in [-0.2, -0.15) is 13.2 Å². The fourth-order valence-electron chi connectivity index (χ4n) is 2.34. The Hall–Kier alpha value is -1.60. The van der Waals surface area contributed by atoms with E-state index in [9.17, 15) is 22.8 Å². The number of carbonyl (C=O) groups excluding carboxylic acids is 2. The normalized spacial score (nSPS) is 19.4. The zero-order valence-corrected chi connectivity index (χ0v) is 12.5. The number of rotatable bonds is 3. The zero-order valence-electron chi connectivity index (χ0n) is 11.7. The smallest absolute Gasteiger partial charge is 0.340 e. The second-order valence-corrected chi connectivity index (χ2v) is 5.21. The summed E-state index contributed by atoms with van der Waals surface area (Å²) in [6.07, 6.45) is -4.66. The van der Waals surface area contributed by atoms with Crippen LogP contribution in [0.1, 0.15) is 22.8 Å². The lowest BCUT2D eigenvalue weighted by Crippen LogP contribution is -2.58. The third kappa shape index (κ3) is 3.10. The first-order valence-corrected chi connectivity index (χ1v) is 7.07. The molecule has 1 saturated heterocycles. The molecule has 0 bridgehead atoms. The summed E-state index contributed by atoms with van der Waals surface area (Å²) in [6.45, 7) is 3.05. The summed E-state index contributed by atoms with van der Waals surface area (Å²) < 4.78 is 38.5. The molecular weight excluding hydrogens is 321 g/mol. The molecule has 22 heavy (non-hydrogen) atoms. The molecular formula is C14H14ClF3N2O2. The van der Waals surface area contributed by atoms with E-state index in [0.717, 1.165) is 12.1 Å². The molecule has 1 aromatic carbocycles. The molecule has 4 nitrogen and oxygen atoms in total. The van der Waals surface area contributed by atoms with Crippen LogP contribution in [0.4, 0.5) is 13.2 Å². The first-order valence-electron chi connectivity index (χ1n) is 6.69. The number of hydrogen-bond donors (Lipinski definition) is 1. The van der Waals surface area contributed by atoms with Crippen LogP contribution in [-0.2, 0) is 11.0 Å². The summed E-state index contributed by atoms with van der Waals surface area (Å²) in [5.41, 5.74) is -1.39. The molecule has 0 saturated carbocycles. The van der Waals surface area contributed by atoms with Gasteiger partial charge in [0.2, 0.25) is 5.91 Å². The first-order chi connectivity index (χ1) is 10.3. The minimum absolute atomic E-state index is 0.305. The predicted molar refractivity (Wildman–Crippen MR) is 74.8 cm³/mol. The van der Waals surface area contributed by atoms with Crippen molar-refractivity contribution in [1.82, 2.24) is 10.2 Å². The van der Waals surface area contributed by atoms with Crippen LogP contribution in [0.3, 0.4) is 0 Å². The van der Waals surface area contributed by atoms with Crippen LogP contribution in [0, 0.1) is 0 Å². The van der Waals surface area contributed by atoms with Crippen molar-refractivity contribution in [1.29, 1.82) is 0 Å². The molecule has 1 aromatic rings. The maximum Gasteiger partial charge on any atom is 0.417 e. The van der Waals surface area contributed by atoms with E-state index < -0.39 is 34.5 Å². The number of ketones is 1. The van der Waals surface area contributed by atoms with E-state index in [1.807, 2.05) is 0 Å². The van der Waals surface area contributed by atoms with Gasteiger partial charge in [-0.1, -0.05) is 17.7 Å². The molecule has 1 aliphatic heterocycles. The molecule has 1 amide bonds. The summed E-state index contributed by atoms with van der Waals surface area (Å²) >= 11 is 5.73. The Labute approximate surface area is 130 Å². The molecule has 1 N–H and O–H groups in total. The van der Waals surface area contributed by atoms with Gasteiger partial charge in [-0.3, -0.25) is 14.9 Å². The van der Waals surface area contributed by atoms with Crippen molar-refractivity contribution in [3.8, 4) is 0 Å². The Morgan fingerprint density at radius 1 is 1.45 bits per heavy atom. The van der Waals surface area contributed by atoms with Crippen molar-refractivity contribution in [3.05, 3.63) is 34.3 Å². The fraction of sp³-hybridized carbons (Fsp3) is 0.429. The van der Waals surface area contributed by atoms with Gasteiger partial charge in [-0.15, -0.1) is 0 Å². The van der Waals surface area contributed by atoms with E-state index >= 15 is 0 Å². The number of piperazine rings is 1. The summed E-state index contributed by atoms with van der Waals surface area (Å²) in [4.78, 5) is 26.0. The Balaban J connectivity index is 2.36. The van der Waals surface area contributed by atoms with Gasteiger partial charge in [-0.05, 0) is 19.1 Å². The molecule has 1 fully saturated rings. The number of nitrogens with zero attached hydrogens (tertiary/aromatic N) is 1. The highest BCUT2D eigenvalue weighted by atomic mass is 35.5. The van der Waals surface area contributed by atoms with Crippen molar-refractivity contribution in [2.75, 3.05) is 19.6 Å². The highest BCUT2D eigenvalue weighted by Gasteiger charge is 2.38. The van der Waals surface area contributed by atoms with Crippen molar-refractivity contribution in [2.45, 2.75) is 19.1 Å². The average molecular weight is 335 g/mol. The second kappa shape index (κ2) is 6.26. The van der Waals surface area contributed by atoms with Crippen LogP contribution in [0.25, 0.3) is 0 Å². The number of Topliss-reactive ketones (excluding diaryl/α,β-unsaturated/α-hetero) is 1. The van der Waals surface area contributed by atoms with Crippen molar-refractivity contribution < 1.29 is 22.8 Å². The summed E-state index contributed by atoms with van der Waals surface area (Å²) in [6, 6.07) is 1.90. The monoisotopic (exact) mass is 334 g/mol. The van der Waals surface area contributed by atoms with E-state index in [1.54, 1.807) is 6.92 Å². The molecule has 0 spiro atoms. The maximum absolute atomic E-state index is 12.8. The van der Waals surface area contributed by atoms with Gasteiger partial charge in [0, 0.05) is 25.2 Å². The number of alkyl halides is 3. The topological polar surface area (TPSA) is 49.4 Å². The van der Waals surface area contributed by atoms with Crippen molar-refractivity contribution in [2.24, 2.45) is 0 Å². The Kier molecular flexibility index (Phi) is 4.77. The van der Waals surface area contributed by atoms with Crippen molar-refractivity contribution in [3.63, 3.8) is 0 Å². The van der Waals surface area contributed by atoms with E-state index in [4.69, 9.17) is 11.6 Å². The van der Waals surface area contributed by atoms with Gasteiger partial charge in [0.05, 0.1) is 10.6 Å². The largest absolute Gasteiger partial charge is 0.417 e. The maximum atomic E-state index is 12.8. The molecule has 2 rings (SSSR count). The summed E-state index contributed by atoms with van der Waals surface area (Å²) in [7, 11) is 0. The van der Waals surface area contributed by atoms with Crippen molar-refractivity contribution >= 4 is 23.3 Å². The highest BCUT2D eigenvalue weighted by Crippen LogP contribution is 2.36. The minimum Gasteiger partial charge on any atom is -0.340 e. The molecule has 1 heterocycles. The molecule has 120 valence electrons. The number of hydrogen-bond acceptors (Lipinski definition) is 3. The Bertz CT molecular complexity index is 604. The number of amides is 1. The predicted octanol–water partition coefficient (Wildman–Crippen LogP) is 2.36. The first kappa shape index (κ1) is 16.8. The summed E-state index contributed by atoms with van der Waals surface area (Å²) in [5, 5.41) is 2.06. The van der Waals surface area contributed by atoms with Crippen LogP contribution in [0.15, 0.2) is 18.2 Å². The number of likely N-dealkylation sites (N-methyl/N-ethyl adjacent to an activating group) is 1. The van der Waals surface area contributed by atoms with E-state index in [1.165, 1.54) is 11.0 Å². The lowest BCUT2D eigenvalue weighted by atomic mass is 9.99. The number of nitrogens with one attached hydrogen (secondary N) is 1. The van der Waals surface area contributed by atoms with Gasteiger partial charge >= 0.3 is 6.18 Å². The standard InChI is InChI=1S/C14H14ClF3N2O2/c1-2-20-7-6-19-11(13(20)22)12(21)8-4-3-5-9(10(8)15)14(16,17)18/h3-5,11,19H,2,6-7H2,1H3. The van der Waals surface area contributed by atoms with Gasteiger partial charge in [-0.25, -0.2) is 0 Å². The van der Waals surface area contributed by atoms with E-state index in [-0.39, 0.29) is 5.56 Å². The summed E-state index contributed by atoms with van der Waals surface area (Å²) in [5.74, 6) is -1.20. The lowest BCUT2D eigenvalue weighted by molar-refractivity contribution is -0.137. The molecule has 8 heteroatoms. The Morgan fingerprint density at radius 3 is 2.73 bits per heavy atom. The quantitative estimate of drug-likeness (QED) is 0.682. The lowest BCUT2D eigenvalue weighted by Gasteiger charge is -2.31. The zero-order chi connectivity index (χ0) is 16.5. The van der Waals surface area contributed by atoms with Gasteiger partial charge in [0.15, 0.2) is 11.8 Å². The van der Waals surface area contributed by atoms with Gasteiger partial charge in [0.25, 0.3) is 0 Å². The van der Waals surface area contributed by atoms with Crippen LogP contribution in [0.2, 0.25) is 5.02 Å². The molecule has 0 aliphatic carbocycles. The van der Waals surface area contributed by atoms with Gasteiger partial charge < -0.3 is 4.90 Å². The third-order valence-electron chi connectivity index (χ3n) is 3.50. The van der Waals surface area contributed by atoms with Crippen LogP contribution < -0.4 is 5.32 Å². The van der Waals surface area contributed by atoms with Crippen LogP contribution in [0.5, 0.6) is 0 Å². The van der Waals surface area contributed by atoms with Gasteiger partial charge in [0.1, 0.15) is 0 Å². The molecule has 1 atom stereocenters. The van der Waals surface area contributed by atoms with E-state index in [2.05, 4.69) is 5.32 Å². The highest BCUT2D eigenvalue weighted by molar-refractivity contribution is 6.35. The number of carbonyl (C=O) groups is 2.